The predicted molar refractivity (Wildman–Crippen MR) is 72.5 cm³/mol. The number of hydrogen-bond acceptors (Lipinski definition) is 2. The van der Waals surface area contributed by atoms with Gasteiger partial charge in [0.25, 0.3) is 5.91 Å². The van der Waals surface area contributed by atoms with Gasteiger partial charge < -0.3 is 9.88 Å². The Morgan fingerprint density at radius 1 is 1.44 bits per heavy atom. The molecule has 0 aliphatic carbocycles. The van der Waals surface area contributed by atoms with E-state index in [0.717, 1.165) is 24.0 Å². The van der Waals surface area contributed by atoms with Crippen molar-refractivity contribution in [2.24, 2.45) is 13.0 Å². The number of carbonyl (C=O) groups excluding carboxylic acids is 1. The standard InChI is InChI=1S/C14H19N3O/c1-10(2)6-7-15-14(18)11-4-5-13-12(8-11)16-9-17(13)3/h4-5,8-10H,6-7H2,1-3H3,(H,15,18). The summed E-state index contributed by atoms with van der Waals surface area (Å²) in [5.74, 6) is 0.576. The first-order chi connectivity index (χ1) is 8.58. The summed E-state index contributed by atoms with van der Waals surface area (Å²) in [5, 5.41) is 2.93. The van der Waals surface area contributed by atoms with Crippen molar-refractivity contribution < 1.29 is 4.79 Å². The second-order valence-corrected chi connectivity index (χ2v) is 5.00. The summed E-state index contributed by atoms with van der Waals surface area (Å²) in [6, 6.07) is 5.61. The molecule has 4 nitrogen and oxygen atoms in total. The normalized spacial score (nSPS) is 11.1. The van der Waals surface area contributed by atoms with E-state index in [0.29, 0.717) is 11.5 Å². The van der Waals surface area contributed by atoms with E-state index >= 15 is 0 Å². The number of amides is 1. The van der Waals surface area contributed by atoms with Crippen LogP contribution in [-0.2, 0) is 7.05 Å². The minimum absolute atomic E-state index is 0.0248. The topological polar surface area (TPSA) is 46.9 Å². The number of aryl methyl sites for hydroxylation is 1. The maximum absolute atomic E-state index is 11.9. The van der Waals surface area contributed by atoms with Gasteiger partial charge >= 0.3 is 0 Å². The van der Waals surface area contributed by atoms with Gasteiger partial charge in [-0.2, -0.15) is 0 Å². The molecule has 0 radical (unpaired) electrons. The highest BCUT2D eigenvalue weighted by Gasteiger charge is 2.08. The van der Waals surface area contributed by atoms with Crippen LogP contribution < -0.4 is 5.32 Å². The molecule has 96 valence electrons. The van der Waals surface area contributed by atoms with Gasteiger partial charge in [-0.15, -0.1) is 0 Å². The number of carbonyl (C=O) groups is 1. The van der Waals surface area contributed by atoms with E-state index in [4.69, 9.17) is 0 Å². The van der Waals surface area contributed by atoms with Crippen LogP contribution in [0.1, 0.15) is 30.6 Å². The molecule has 1 aromatic heterocycles. The van der Waals surface area contributed by atoms with Gasteiger partial charge in [0, 0.05) is 19.2 Å². The summed E-state index contributed by atoms with van der Waals surface area (Å²) in [6.07, 6.45) is 2.75. The molecule has 2 rings (SSSR count). The van der Waals surface area contributed by atoms with E-state index in [-0.39, 0.29) is 5.91 Å². The molecule has 0 atom stereocenters. The Bertz CT molecular complexity index is 557. The summed E-state index contributed by atoms with van der Waals surface area (Å²) in [7, 11) is 1.94. The number of fused-ring (bicyclic) bond motifs is 1. The molecule has 0 aliphatic rings. The van der Waals surface area contributed by atoms with Crippen LogP contribution in [0.5, 0.6) is 0 Å². The monoisotopic (exact) mass is 245 g/mol. The van der Waals surface area contributed by atoms with Crippen molar-refractivity contribution in [3.63, 3.8) is 0 Å². The Kier molecular flexibility index (Phi) is 3.65. The van der Waals surface area contributed by atoms with Gasteiger partial charge in [-0.1, -0.05) is 13.8 Å². The molecule has 2 aromatic rings. The van der Waals surface area contributed by atoms with Crippen molar-refractivity contribution in [2.75, 3.05) is 6.54 Å². The van der Waals surface area contributed by atoms with E-state index in [1.54, 1.807) is 6.33 Å². The average Bonchev–Trinajstić information content (AvgIpc) is 2.70. The van der Waals surface area contributed by atoms with Crippen LogP contribution in [0.2, 0.25) is 0 Å². The second-order valence-electron chi connectivity index (χ2n) is 5.00. The quantitative estimate of drug-likeness (QED) is 0.898. The fourth-order valence-electron chi connectivity index (χ4n) is 1.85. The van der Waals surface area contributed by atoms with Crippen LogP contribution in [-0.4, -0.2) is 22.0 Å². The molecule has 1 amide bonds. The molecule has 0 spiro atoms. The fourth-order valence-corrected chi connectivity index (χ4v) is 1.85. The van der Waals surface area contributed by atoms with Crippen molar-refractivity contribution >= 4 is 16.9 Å². The van der Waals surface area contributed by atoms with Gasteiger partial charge in [-0.3, -0.25) is 4.79 Å². The van der Waals surface area contributed by atoms with Crippen LogP contribution in [0, 0.1) is 5.92 Å². The summed E-state index contributed by atoms with van der Waals surface area (Å²) in [6.45, 7) is 5.01. The van der Waals surface area contributed by atoms with Gasteiger partial charge in [0.1, 0.15) is 0 Å². The Hall–Kier alpha value is -1.84. The first-order valence-corrected chi connectivity index (χ1v) is 6.27. The van der Waals surface area contributed by atoms with Gasteiger partial charge in [0.2, 0.25) is 0 Å². The largest absolute Gasteiger partial charge is 0.352 e. The molecule has 1 heterocycles. The Labute approximate surface area is 107 Å². The first-order valence-electron chi connectivity index (χ1n) is 6.27. The first kappa shape index (κ1) is 12.6. The number of aromatic nitrogens is 2. The maximum Gasteiger partial charge on any atom is 0.251 e. The van der Waals surface area contributed by atoms with Crippen LogP contribution in [0.3, 0.4) is 0 Å². The van der Waals surface area contributed by atoms with Crippen molar-refractivity contribution in [1.82, 2.24) is 14.9 Å². The Morgan fingerprint density at radius 3 is 2.94 bits per heavy atom. The van der Waals surface area contributed by atoms with Crippen LogP contribution in [0.25, 0.3) is 11.0 Å². The van der Waals surface area contributed by atoms with Crippen LogP contribution in [0.4, 0.5) is 0 Å². The number of hydrogen-bond donors (Lipinski definition) is 1. The van der Waals surface area contributed by atoms with E-state index in [1.807, 2.05) is 29.8 Å². The van der Waals surface area contributed by atoms with E-state index < -0.39 is 0 Å². The van der Waals surface area contributed by atoms with Crippen molar-refractivity contribution in [3.8, 4) is 0 Å². The summed E-state index contributed by atoms with van der Waals surface area (Å²) < 4.78 is 1.94. The number of nitrogens with zero attached hydrogens (tertiary/aromatic N) is 2. The maximum atomic E-state index is 11.9. The third kappa shape index (κ3) is 2.70. The lowest BCUT2D eigenvalue weighted by atomic mass is 10.1. The molecule has 0 unspecified atom stereocenters. The highest BCUT2D eigenvalue weighted by molar-refractivity contribution is 5.97. The number of rotatable bonds is 4. The third-order valence-electron chi connectivity index (χ3n) is 2.99. The van der Waals surface area contributed by atoms with Crippen molar-refractivity contribution in [1.29, 1.82) is 0 Å². The highest BCUT2D eigenvalue weighted by atomic mass is 16.1. The molecule has 1 N–H and O–H groups in total. The zero-order chi connectivity index (χ0) is 13.1. The molecule has 0 saturated carbocycles. The molecule has 18 heavy (non-hydrogen) atoms. The third-order valence-corrected chi connectivity index (χ3v) is 2.99. The molecule has 0 bridgehead atoms. The molecule has 1 aromatic carbocycles. The van der Waals surface area contributed by atoms with E-state index in [9.17, 15) is 4.79 Å². The molecule has 0 aliphatic heterocycles. The van der Waals surface area contributed by atoms with Gasteiger partial charge in [0.05, 0.1) is 17.4 Å². The SMILES string of the molecule is CC(C)CCNC(=O)c1ccc2c(c1)ncn2C. The molecular formula is C14H19N3O. The lowest BCUT2D eigenvalue weighted by Gasteiger charge is -2.07. The van der Waals surface area contributed by atoms with Crippen LogP contribution in [0.15, 0.2) is 24.5 Å². The lowest BCUT2D eigenvalue weighted by Crippen LogP contribution is -2.25. The minimum Gasteiger partial charge on any atom is -0.352 e. The molecule has 4 heteroatoms. The van der Waals surface area contributed by atoms with Gasteiger partial charge in [0.15, 0.2) is 0 Å². The average molecular weight is 245 g/mol. The summed E-state index contributed by atoms with van der Waals surface area (Å²) in [4.78, 5) is 16.2. The van der Waals surface area contributed by atoms with Gasteiger partial charge in [-0.05, 0) is 30.5 Å². The molecule has 0 fully saturated rings. The summed E-state index contributed by atoms with van der Waals surface area (Å²) in [5.41, 5.74) is 2.56. The molecule has 0 saturated heterocycles. The minimum atomic E-state index is -0.0248. The van der Waals surface area contributed by atoms with Crippen molar-refractivity contribution in [3.05, 3.63) is 30.1 Å². The van der Waals surface area contributed by atoms with Crippen LogP contribution >= 0.6 is 0 Å². The van der Waals surface area contributed by atoms with E-state index in [1.165, 1.54) is 0 Å². The Morgan fingerprint density at radius 2 is 2.22 bits per heavy atom. The molecular weight excluding hydrogens is 226 g/mol. The highest BCUT2D eigenvalue weighted by Crippen LogP contribution is 2.13. The smallest absolute Gasteiger partial charge is 0.251 e. The zero-order valence-corrected chi connectivity index (χ0v) is 11.1. The summed E-state index contributed by atoms with van der Waals surface area (Å²) >= 11 is 0. The number of nitrogens with one attached hydrogen (secondary N) is 1. The number of benzene rings is 1. The lowest BCUT2D eigenvalue weighted by molar-refractivity contribution is 0.0952. The second kappa shape index (κ2) is 5.21. The van der Waals surface area contributed by atoms with Gasteiger partial charge in [-0.25, -0.2) is 4.98 Å². The van der Waals surface area contributed by atoms with Crippen molar-refractivity contribution in [2.45, 2.75) is 20.3 Å². The zero-order valence-electron chi connectivity index (χ0n) is 11.1. The fraction of sp³-hybridized carbons (Fsp3) is 0.429. The number of imidazole rings is 1. The Balaban J connectivity index is 2.08. The predicted octanol–water partition coefficient (Wildman–Crippen LogP) is 2.35. The van der Waals surface area contributed by atoms with E-state index in [2.05, 4.69) is 24.1 Å².